The van der Waals surface area contributed by atoms with E-state index in [0.29, 0.717) is 0 Å². The summed E-state index contributed by atoms with van der Waals surface area (Å²) in [6, 6.07) is 1.65. The summed E-state index contributed by atoms with van der Waals surface area (Å²) >= 11 is 0. The lowest BCUT2D eigenvalue weighted by atomic mass is 9.76. The van der Waals surface area contributed by atoms with E-state index in [1.165, 1.54) is 64.2 Å². The lowest BCUT2D eigenvalue weighted by molar-refractivity contribution is 0.170. The predicted molar refractivity (Wildman–Crippen MR) is 84.4 cm³/mol. The summed E-state index contributed by atoms with van der Waals surface area (Å²) in [6.07, 6.45) is 14.5. The Morgan fingerprint density at radius 1 is 0.947 bits per heavy atom. The van der Waals surface area contributed by atoms with Crippen LogP contribution in [0.3, 0.4) is 0 Å². The molecule has 1 N–H and O–H groups in total. The minimum Gasteiger partial charge on any atom is -0.311 e. The zero-order valence-corrected chi connectivity index (χ0v) is 13.5. The molecule has 2 aliphatic carbocycles. The van der Waals surface area contributed by atoms with Crippen molar-refractivity contribution in [1.29, 1.82) is 0 Å². The summed E-state index contributed by atoms with van der Waals surface area (Å²) in [4.78, 5) is 0. The Hall–Kier alpha value is -0.0400. The van der Waals surface area contributed by atoms with E-state index in [-0.39, 0.29) is 0 Å². The molecule has 112 valence electrons. The van der Waals surface area contributed by atoms with E-state index in [2.05, 4.69) is 26.1 Å². The van der Waals surface area contributed by atoms with Gasteiger partial charge in [-0.3, -0.25) is 0 Å². The topological polar surface area (TPSA) is 12.0 Å². The molecule has 1 heteroatoms. The van der Waals surface area contributed by atoms with Gasteiger partial charge in [0.05, 0.1) is 0 Å². The van der Waals surface area contributed by atoms with E-state index < -0.39 is 0 Å². The van der Waals surface area contributed by atoms with Gasteiger partial charge in [0.2, 0.25) is 0 Å². The summed E-state index contributed by atoms with van der Waals surface area (Å²) in [5, 5.41) is 4.05. The Kier molecular flexibility index (Phi) is 6.19. The molecule has 0 radical (unpaired) electrons. The molecule has 0 heterocycles. The molecule has 0 bridgehead atoms. The molecule has 0 amide bonds. The fourth-order valence-corrected chi connectivity index (χ4v) is 4.49. The molecule has 2 unspecified atom stereocenters. The van der Waals surface area contributed by atoms with Crippen LogP contribution in [0.5, 0.6) is 0 Å². The summed E-state index contributed by atoms with van der Waals surface area (Å²) in [6.45, 7) is 7.17. The van der Waals surface area contributed by atoms with Crippen LogP contribution in [0.4, 0.5) is 0 Å². The average molecular weight is 265 g/mol. The van der Waals surface area contributed by atoms with Crippen molar-refractivity contribution in [3.8, 4) is 0 Å². The molecule has 0 aliphatic heterocycles. The second kappa shape index (κ2) is 7.67. The van der Waals surface area contributed by atoms with Crippen molar-refractivity contribution < 1.29 is 0 Å². The molecule has 2 aliphatic rings. The van der Waals surface area contributed by atoms with E-state index in [0.717, 1.165) is 29.8 Å². The quantitative estimate of drug-likeness (QED) is 0.725. The van der Waals surface area contributed by atoms with Crippen molar-refractivity contribution >= 4 is 0 Å². The fraction of sp³-hybridized carbons (Fsp3) is 1.00. The van der Waals surface area contributed by atoms with Gasteiger partial charge in [0, 0.05) is 12.1 Å². The molecule has 2 atom stereocenters. The van der Waals surface area contributed by atoms with Crippen molar-refractivity contribution in [2.75, 3.05) is 0 Å². The lowest BCUT2D eigenvalue weighted by Crippen LogP contribution is -2.47. The Morgan fingerprint density at radius 2 is 1.63 bits per heavy atom. The summed E-state index contributed by atoms with van der Waals surface area (Å²) in [5.74, 6) is 2.83. The second-order valence-electron chi connectivity index (χ2n) is 7.47. The van der Waals surface area contributed by atoms with Crippen molar-refractivity contribution in [2.45, 2.75) is 97.1 Å². The summed E-state index contributed by atoms with van der Waals surface area (Å²) in [7, 11) is 0. The molecule has 1 nitrogen and oxygen atoms in total. The van der Waals surface area contributed by atoms with Crippen LogP contribution in [0.1, 0.15) is 85.0 Å². The molecular formula is C18H35N. The van der Waals surface area contributed by atoms with Crippen molar-refractivity contribution in [2.24, 2.45) is 17.8 Å². The Labute approximate surface area is 120 Å². The van der Waals surface area contributed by atoms with Crippen molar-refractivity contribution in [3.63, 3.8) is 0 Å². The van der Waals surface area contributed by atoms with E-state index in [1.54, 1.807) is 0 Å². The standard InChI is InChI=1S/C18H35N/c1-4-7-15-10-12-16(13-11-15)19-18-9-6-5-8-17(18)14(2)3/h14-19H,4-13H2,1-3H3. The first kappa shape index (κ1) is 15.4. The highest BCUT2D eigenvalue weighted by Gasteiger charge is 2.30. The van der Waals surface area contributed by atoms with Crippen LogP contribution < -0.4 is 5.32 Å². The molecule has 19 heavy (non-hydrogen) atoms. The molecule has 0 saturated heterocycles. The minimum atomic E-state index is 0.821. The largest absolute Gasteiger partial charge is 0.311 e. The van der Waals surface area contributed by atoms with Crippen LogP contribution in [-0.4, -0.2) is 12.1 Å². The van der Waals surface area contributed by atoms with Gasteiger partial charge in [-0.1, -0.05) is 46.5 Å². The smallest absolute Gasteiger partial charge is 0.0100 e. The van der Waals surface area contributed by atoms with Crippen molar-refractivity contribution in [3.05, 3.63) is 0 Å². The predicted octanol–water partition coefficient (Wildman–Crippen LogP) is 5.15. The van der Waals surface area contributed by atoms with E-state index >= 15 is 0 Å². The van der Waals surface area contributed by atoms with Gasteiger partial charge in [0.15, 0.2) is 0 Å². The maximum Gasteiger partial charge on any atom is 0.0100 e. The third-order valence-electron chi connectivity index (χ3n) is 5.67. The highest BCUT2D eigenvalue weighted by atomic mass is 15.0. The molecular weight excluding hydrogens is 230 g/mol. The highest BCUT2D eigenvalue weighted by molar-refractivity contribution is 4.87. The van der Waals surface area contributed by atoms with Gasteiger partial charge in [0.25, 0.3) is 0 Å². The van der Waals surface area contributed by atoms with Gasteiger partial charge >= 0.3 is 0 Å². The van der Waals surface area contributed by atoms with Gasteiger partial charge < -0.3 is 5.32 Å². The van der Waals surface area contributed by atoms with Gasteiger partial charge in [-0.15, -0.1) is 0 Å². The Morgan fingerprint density at radius 3 is 2.26 bits per heavy atom. The third-order valence-corrected chi connectivity index (χ3v) is 5.67. The maximum absolute atomic E-state index is 4.05. The normalized spacial score (nSPS) is 36.6. The van der Waals surface area contributed by atoms with Gasteiger partial charge in [-0.2, -0.15) is 0 Å². The first-order valence-corrected chi connectivity index (χ1v) is 8.96. The van der Waals surface area contributed by atoms with Crippen LogP contribution in [0.25, 0.3) is 0 Å². The van der Waals surface area contributed by atoms with Gasteiger partial charge in [-0.05, 0) is 56.3 Å². The van der Waals surface area contributed by atoms with Crippen LogP contribution in [-0.2, 0) is 0 Å². The van der Waals surface area contributed by atoms with Crippen LogP contribution >= 0.6 is 0 Å². The third kappa shape index (κ3) is 4.48. The highest BCUT2D eigenvalue weighted by Crippen LogP contribution is 2.33. The summed E-state index contributed by atoms with van der Waals surface area (Å²) in [5.41, 5.74) is 0. The lowest BCUT2D eigenvalue weighted by Gasteiger charge is -2.39. The Bertz CT molecular complexity index is 240. The summed E-state index contributed by atoms with van der Waals surface area (Å²) < 4.78 is 0. The monoisotopic (exact) mass is 265 g/mol. The number of nitrogens with one attached hydrogen (secondary N) is 1. The molecule has 2 saturated carbocycles. The maximum atomic E-state index is 4.05. The molecule has 2 rings (SSSR count). The van der Waals surface area contributed by atoms with Gasteiger partial charge in [-0.25, -0.2) is 0 Å². The van der Waals surface area contributed by atoms with E-state index in [4.69, 9.17) is 0 Å². The van der Waals surface area contributed by atoms with E-state index in [1.807, 2.05) is 0 Å². The second-order valence-corrected chi connectivity index (χ2v) is 7.47. The fourth-order valence-electron chi connectivity index (χ4n) is 4.49. The molecule has 0 aromatic heterocycles. The van der Waals surface area contributed by atoms with Crippen LogP contribution in [0.15, 0.2) is 0 Å². The zero-order valence-electron chi connectivity index (χ0n) is 13.5. The number of hydrogen-bond acceptors (Lipinski definition) is 1. The van der Waals surface area contributed by atoms with Crippen LogP contribution in [0.2, 0.25) is 0 Å². The molecule has 0 aromatic carbocycles. The number of rotatable bonds is 5. The van der Waals surface area contributed by atoms with Crippen LogP contribution in [0, 0.1) is 17.8 Å². The number of hydrogen-bond donors (Lipinski definition) is 1. The molecule has 2 fully saturated rings. The Balaban J connectivity index is 1.77. The first-order valence-electron chi connectivity index (χ1n) is 8.96. The first-order chi connectivity index (χ1) is 9.20. The minimum absolute atomic E-state index is 0.821. The van der Waals surface area contributed by atoms with Gasteiger partial charge in [0.1, 0.15) is 0 Å². The zero-order chi connectivity index (χ0) is 13.7. The van der Waals surface area contributed by atoms with E-state index in [9.17, 15) is 0 Å². The van der Waals surface area contributed by atoms with Crippen molar-refractivity contribution in [1.82, 2.24) is 5.32 Å². The molecule has 0 aromatic rings. The molecule has 0 spiro atoms. The average Bonchev–Trinajstić information content (AvgIpc) is 2.42. The SMILES string of the molecule is CCCC1CCC(NC2CCCCC2C(C)C)CC1.